The maximum Gasteiger partial charge on any atom is 0.255 e. The third kappa shape index (κ3) is 3.66. The number of carbonyl (C=O) groups excluding carboxylic acids is 2. The molecule has 1 atom stereocenters. The van der Waals surface area contributed by atoms with Crippen LogP contribution in [0, 0.1) is 9.49 Å². The molecule has 7 heteroatoms. The van der Waals surface area contributed by atoms with Gasteiger partial charge in [-0.1, -0.05) is 0 Å². The minimum absolute atomic E-state index is 0.113. The number of hydrogen-bond acceptors (Lipinski definition) is 4. The van der Waals surface area contributed by atoms with E-state index in [0.29, 0.717) is 22.9 Å². The van der Waals surface area contributed by atoms with Crippen LogP contribution in [-0.4, -0.2) is 49.5 Å². The topological polar surface area (TPSA) is 70.7 Å². The number of hydrogen-bond donors (Lipinski definition) is 2. The lowest BCUT2D eigenvalue weighted by Crippen LogP contribution is -2.57. The SMILES string of the molecule is COc1cc(NC(C)=O)c(I)cc1C(=O)N[C@@H]1CN2CCC1CC2. The Hall–Kier alpha value is -1.35. The Labute approximate surface area is 155 Å². The van der Waals surface area contributed by atoms with E-state index in [1.54, 1.807) is 12.1 Å². The predicted octanol–water partition coefficient (Wildman–Crippen LogP) is 2.08. The van der Waals surface area contributed by atoms with Gasteiger partial charge in [0.2, 0.25) is 5.91 Å². The number of benzene rings is 1. The molecule has 3 aliphatic rings. The van der Waals surface area contributed by atoms with E-state index >= 15 is 0 Å². The second kappa shape index (κ2) is 7.26. The second-order valence-corrected chi connectivity index (χ2v) is 7.59. The highest BCUT2D eigenvalue weighted by atomic mass is 127. The molecule has 2 amide bonds. The molecule has 0 saturated carbocycles. The van der Waals surface area contributed by atoms with Crippen LogP contribution in [0.2, 0.25) is 0 Å². The summed E-state index contributed by atoms with van der Waals surface area (Å²) in [6, 6.07) is 3.67. The number of carbonyl (C=O) groups is 2. The molecule has 3 heterocycles. The van der Waals surface area contributed by atoms with Crippen LogP contribution in [-0.2, 0) is 4.79 Å². The lowest BCUT2D eigenvalue weighted by Gasteiger charge is -2.44. The zero-order valence-corrected chi connectivity index (χ0v) is 16.1. The first kappa shape index (κ1) is 17.5. The quantitative estimate of drug-likeness (QED) is 0.700. The maximum absolute atomic E-state index is 12.8. The van der Waals surface area contributed by atoms with Crippen molar-refractivity contribution in [2.75, 3.05) is 32.1 Å². The van der Waals surface area contributed by atoms with Gasteiger partial charge in [0, 0.05) is 29.1 Å². The minimum atomic E-state index is -0.153. The van der Waals surface area contributed by atoms with Gasteiger partial charge in [-0.15, -0.1) is 0 Å². The average Bonchev–Trinajstić information content (AvgIpc) is 2.57. The van der Waals surface area contributed by atoms with Crippen LogP contribution in [0.15, 0.2) is 12.1 Å². The first-order chi connectivity index (χ1) is 11.5. The number of ether oxygens (including phenoxy) is 1. The maximum atomic E-state index is 12.8. The Morgan fingerprint density at radius 3 is 2.54 bits per heavy atom. The van der Waals surface area contributed by atoms with Crippen molar-refractivity contribution < 1.29 is 14.3 Å². The van der Waals surface area contributed by atoms with E-state index in [4.69, 9.17) is 4.74 Å². The monoisotopic (exact) mass is 443 g/mol. The van der Waals surface area contributed by atoms with Gasteiger partial charge in [-0.25, -0.2) is 0 Å². The fourth-order valence-electron chi connectivity index (χ4n) is 3.56. The first-order valence-electron chi connectivity index (χ1n) is 8.16. The van der Waals surface area contributed by atoms with Crippen molar-refractivity contribution in [2.24, 2.45) is 5.92 Å². The molecule has 3 aliphatic heterocycles. The zero-order chi connectivity index (χ0) is 17.3. The third-order valence-electron chi connectivity index (χ3n) is 4.82. The van der Waals surface area contributed by atoms with E-state index in [-0.39, 0.29) is 17.9 Å². The van der Waals surface area contributed by atoms with Crippen molar-refractivity contribution in [2.45, 2.75) is 25.8 Å². The summed E-state index contributed by atoms with van der Waals surface area (Å²) in [6.07, 6.45) is 2.31. The van der Waals surface area contributed by atoms with E-state index in [9.17, 15) is 9.59 Å². The molecule has 130 valence electrons. The molecule has 1 aromatic carbocycles. The molecule has 0 aliphatic carbocycles. The number of rotatable bonds is 4. The predicted molar refractivity (Wildman–Crippen MR) is 100 cm³/mol. The molecular formula is C17H22IN3O3. The van der Waals surface area contributed by atoms with Gasteiger partial charge >= 0.3 is 0 Å². The van der Waals surface area contributed by atoms with Crippen LogP contribution in [0.5, 0.6) is 5.75 Å². The highest BCUT2D eigenvalue weighted by molar-refractivity contribution is 14.1. The second-order valence-electron chi connectivity index (χ2n) is 6.43. The summed E-state index contributed by atoms with van der Waals surface area (Å²) in [5, 5.41) is 5.93. The van der Waals surface area contributed by atoms with Gasteiger partial charge in [0.15, 0.2) is 0 Å². The van der Waals surface area contributed by atoms with Crippen molar-refractivity contribution in [1.82, 2.24) is 10.2 Å². The molecule has 0 radical (unpaired) electrons. The lowest BCUT2D eigenvalue weighted by atomic mass is 9.84. The highest BCUT2D eigenvalue weighted by Gasteiger charge is 2.35. The number of amides is 2. The Kier molecular flexibility index (Phi) is 5.29. The van der Waals surface area contributed by atoms with E-state index in [1.165, 1.54) is 14.0 Å². The minimum Gasteiger partial charge on any atom is -0.496 e. The smallest absolute Gasteiger partial charge is 0.255 e. The standard InChI is InChI=1S/C17H22IN3O3/c1-10(22)19-14-8-16(24-2)12(7-13(14)18)17(23)20-15-9-21-5-3-11(15)4-6-21/h7-8,11,15H,3-6,9H2,1-2H3,(H,19,22)(H,20,23)/t15-/m1/s1. The number of anilines is 1. The van der Waals surface area contributed by atoms with Gasteiger partial charge in [-0.05, 0) is 60.5 Å². The zero-order valence-electron chi connectivity index (χ0n) is 13.9. The number of halogens is 1. The van der Waals surface area contributed by atoms with Gasteiger partial charge in [0.25, 0.3) is 5.91 Å². The summed E-state index contributed by atoms with van der Waals surface area (Å²) in [5.74, 6) is 0.776. The number of fused-ring (bicyclic) bond motifs is 3. The normalized spacial score (nSPS) is 25.2. The molecule has 4 rings (SSSR count). The Morgan fingerprint density at radius 2 is 2.00 bits per heavy atom. The Bertz CT molecular complexity index is 657. The molecule has 0 unspecified atom stereocenters. The fourth-order valence-corrected chi connectivity index (χ4v) is 4.16. The van der Waals surface area contributed by atoms with Crippen molar-refractivity contribution in [3.05, 3.63) is 21.3 Å². The van der Waals surface area contributed by atoms with Gasteiger partial charge in [-0.2, -0.15) is 0 Å². The molecule has 3 saturated heterocycles. The van der Waals surface area contributed by atoms with Gasteiger partial charge in [0.1, 0.15) is 5.75 Å². The van der Waals surface area contributed by atoms with Gasteiger partial charge < -0.3 is 20.3 Å². The summed E-state index contributed by atoms with van der Waals surface area (Å²) >= 11 is 2.12. The molecule has 1 aromatic rings. The van der Waals surface area contributed by atoms with E-state index in [2.05, 4.69) is 38.1 Å². The van der Waals surface area contributed by atoms with Crippen LogP contribution in [0.3, 0.4) is 0 Å². The number of piperidine rings is 3. The molecular weight excluding hydrogens is 421 g/mol. The number of nitrogens with one attached hydrogen (secondary N) is 2. The summed E-state index contributed by atoms with van der Waals surface area (Å²) in [5.41, 5.74) is 1.16. The van der Waals surface area contributed by atoms with E-state index < -0.39 is 0 Å². The van der Waals surface area contributed by atoms with Crippen LogP contribution >= 0.6 is 22.6 Å². The van der Waals surface area contributed by atoms with Crippen molar-refractivity contribution in [3.63, 3.8) is 0 Å². The third-order valence-corrected chi connectivity index (χ3v) is 5.71. The summed E-state index contributed by atoms with van der Waals surface area (Å²) in [4.78, 5) is 26.4. The van der Waals surface area contributed by atoms with Crippen molar-refractivity contribution >= 4 is 40.1 Å². The first-order valence-corrected chi connectivity index (χ1v) is 9.24. The molecule has 0 spiro atoms. The van der Waals surface area contributed by atoms with Crippen LogP contribution in [0.4, 0.5) is 5.69 Å². The van der Waals surface area contributed by atoms with Crippen molar-refractivity contribution in [1.29, 1.82) is 0 Å². The molecule has 2 bridgehead atoms. The largest absolute Gasteiger partial charge is 0.496 e. The van der Waals surface area contributed by atoms with Crippen LogP contribution < -0.4 is 15.4 Å². The van der Waals surface area contributed by atoms with Crippen LogP contribution in [0.25, 0.3) is 0 Å². The number of nitrogens with zero attached hydrogens (tertiary/aromatic N) is 1. The average molecular weight is 443 g/mol. The molecule has 0 aromatic heterocycles. The highest BCUT2D eigenvalue weighted by Crippen LogP contribution is 2.31. The number of methoxy groups -OCH3 is 1. The fraction of sp³-hybridized carbons (Fsp3) is 0.529. The Balaban J connectivity index is 1.79. The Morgan fingerprint density at radius 1 is 1.29 bits per heavy atom. The van der Waals surface area contributed by atoms with Crippen LogP contribution in [0.1, 0.15) is 30.1 Å². The molecule has 6 nitrogen and oxygen atoms in total. The summed E-state index contributed by atoms with van der Waals surface area (Å²) in [6.45, 7) is 4.67. The lowest BCUT2D eigenvalue weighted by molar-refractivity contribution is -0.114. The molecule has 3 fully saturated rings. The molecule has 2 N–H and O–H groups in total. The summed E-state index contributed by atoms with van der Waals surface area (Å²) in [7, 11) is 1.53. The van der Waals surface area contributed by atoms with Crippen molar-refractivity contribution in [3.8, 4) is 5.75 Å². The summed E-state index contributed by atoms with van der Waals surface area (Å²) < 4.78 is 6.18. The van der Waals surface area contributed by atoms with Gasteiger partial charge in [-0.3, -0.25) is 9.59 Å². The van der Waals surface area contributed by atoms with E-state index in [0.717, 1.165) is 36.0 Å². The molecule has 24 heavy (non-hydrogen) atoms. The van der Waals surface area contributed by atoms with E-state index in [1.807, 2.05) is 0 Å². The van der Waals surface area contributed by atoms with Gasteiger partial charge in [0.05, 0.1) is 18.4 Å².